The molecule has 1 atom stereocenters. The Labute approximate surface area is 109 Å². The molecule has 0 saturated carbocycles. The smallest absolute Gasteiger partial charge is 0.163 e. The monoisotopic (exact) mass is 266 g/mol. The molecule has 5 heteroatoms. The van der Waals surface area contributed by atoms with Crippen molar-refractivity contribution in [3.8, 4) is 0 Å². The van der Waals surface area contributed by atoms with Crippen LogP contribution in [-0.4, -0.2) is 0 Å². The maximum atomic E-state index is 13.8. The van der Waals surface area contributed by atoms with Crippen molar-refractivity contribution < 1.29 is 13.2 Å². The Hall–Kier alpha value is -1.85. The van der Waals surface area contributed by atoms with Crippen LogP contribution in [0, 0.1) is 24.4 Å². The molecule has 0 aliphatic carbocycles. The highest BCUT2D eigenvalue weighted by molar-refractivity contribution is 5.35. The van der Waals surface area contributed by atoms with Gasteiger partial charge in [-0.1, -0.05) is 18.2 Å². The second-order valence-electron chi connectivity index (χ2n) is 4.30. The first-order chi connectivity index (χ1) is 9.02. The van der Waals surface area contributed by atoms with E-state index in [0.717, 1.165) is 6.07 Å². The number of nitrogens with one attached hydrogen (secondary N) is 1. The molecule has 19 heavy (non-hydrogen) atoms. The fraction of sp³-hybridized carbons (Fsp3) is 0.143. The number of halogens is 3. The van der Waals surface area contributed by atoms with E-state index in [9.17, 15) is 13.2 Å². The second-order valence-corrected chi connectivity index (χ2v) is 4.30. The van der Waals surface area contributed by atoms with E-state index in [1.165, 1.54) is 24.3 Å². The van der Waals surface area contributed by atoms with Crippen molar-refractivity contribution in [1.29, 1.82) is 0 Å². The number of rotatable bonds is 3. The molecule has 0 radical (unpaired) electrons. The Morgan fingerprint density at radius 2 is 1.84 bits per heavy atom. The van der Waals surface area contributed by atoms with Gasteiger partial charge in [-0.3, -0.25) is 5.84 Å². The zero-order valence-electron chi connectivity index (χ0n) is 10.3. The van der Waals surface area contributed by atoms with E-state index in [1.54, 1.807) is 13.0 Å². The minimum Gasteiger partial charge on any atom is -0.271 e. The van der Waals surface area contributed by atoms with Crippen LogP contribution in [0.15, 0.2) is 36.4 Å². The van der Waals surface area contributed by atoms with Crippen molar-refractivity contribution in [3.63, 3.8) is 0 Å². The van der Waals surface area contributed by atoms with Crippen LogP contribution in [0.2, 0.25) is 0 Å². The van der Waals surface area contributed by atoms with Gasteiger partial charge in [0.1, 0.15) is 5.82 Å². The maximum absolute atomic E-state index is 13.8. The summed E-state index contributed by atoms with van der Waals surface area (Å²) in [7, 11) is 0. The Balaban J connectivity index is 2.53. The van der Waals surface area contributed by atoms with Gasteiger partial charge in [-0.05, 0) is 36.2 Å². The summed E-state index contributed by atoms with van der Waals surface area (Å²) in [6.07, 6.45) is 0. The van der Waals surface area contributed by atoms with Crippen molar-refractivity contribution in [3.05, 3.63) is 70.5 Å². The van der Waals surface area contributed by atoms with Crippen LogP contribution < -0.4 is 11.3 Å². The number of nitrogens with two attached hydrogens (primary N) is 1. The van der Waals surface area contributed by atoms with Gasteiger partial charge < -0.3 is 0 Å². The predicted molar refractivity (Wildman–Crippen MR) is 66.7 cm³/mol. The van der Waals surface area contributed by atoms with E-state index in [4.69, 9.17) is 5.84 Å². The second kappa shape index (κ2) is 5.42. The molecule has 0 aliphatic rings. The molecular weight excluding hydrogens is 253 g/mol. The zero-order valence-corrected chi connectivity index (χ0v) is 10.3. The summed E-state index contributed by atoms with van der Waals surface area (Å²) in [5.74, 6) is 2.98. The van der Waals surface area contributed by atoms with E-state index in [2.05, 4.69) is 5.43 Å². The molecule has 2 rings (SSSR count). The van der Waals surface area contributed by atoms with Crippen molar-refractivity contribution >= 4 is 0 Å². The molecule has 100 valence electrons. The number of hydrogen-bond acceptors (Lipinski definition) is 2. The Kier molecular flexibility index (Phi) is 3.87. The number of hydrazine groups is 1. The van der Waals surface area contributed by atoms with Crippen LogP contribution in [-0.2, 0) is 0 Å². The molecule has 0 heterocycles. The van der Waals surface area contributed by atoms with Crippen molar-refractivity contribution in [2.45, 2.75) is 13.0 Å². The van der Waals surface area contributed by atoms with Crippen molar-refractivity contribution in [2.24, 2.45) is 5.84 Å². The van der Waals surface area contributed by atoms with Gasteiger partial charge in [0.15, 0.2) is 11.6 Å². The van der Waals surface area contributed by atoms with Gasteiger partial charge in [-0.2, -0.15) is 0 Å². The third-order valence-electron chi connectivity index (χ3n) is 2.86. The Morgan fingerprint density at radius 3 is 2.47 bits per heavy atom. The van der Waals surface area contributed by atoms with Gasteiger partial charge >= 0.3 is 0 Å². The summed E-state index contributed by atoms with van der Waals surface area (Å²) in [4.78, 5) is 0. The lowest BCUT2D eigenvalue weighted by atomic mass is 9.97. The molecule has 0 fully saturated rings. The number of hydrogen-bond donors (Lipinski definition) is 2. The van der Waals surface area contributed by atoms with E-state index in [1.807, 2.05) is 0 Å². The molecule has 0 aliphatic heterocycles. The summed E-state index contributed by atoms with van der Waals surface area (Å²) < 4.78 is 40.4. The van der Waals surface area contributed by atoms with E-state index in [0.29, 0.717) is 11.1 Å². The van der Waals surface area contributed by atoms with E-state index in [-0.39, 0.29) is 5.56 Å². The summed E-state index contributed by atoms with van der Waals surface area (Å²) in [5.41, 5.74) is 3.53. The Morgan fingerprint density at radius 1 is 1.11 bits per heavy atom. The first-order valence-electron chi connectivity index (χ1n) is 5.70. The van der Waals surface area contributed by atoms with Gasteiger partial charge in [0.2, 0.25) is 0 Å². The van der Waals surface area contributed by atoms with Gasteiger partial charge in [0.05, 0.1) is 6.04 Å². The molecule has 0 bridgehead atoms. The maximum Gasteiger partial charge on any atom is 0.163 e. The predicted octanol–water partition coefficient (Wildman–Crippen LogP) is 2.97. The Bertz CT molecular complexity index is 579. The van der Waals surface area contributed by atoms with Crippen molar-refractivity contribution in [2.75, 3.05) is 0 Å². The topological polar surface area (TPSA) is 38.0 Å². The third kappa shape index (κ3) is 2.77. The minimum atomic E-state index is -0.993. The highest BCUT2D eigenvalue weighted by Gasteiger charge is 2.19. The molecule has 0 saturated heterocycles. The third-order valence-corrected chi connectivity index (χ3v) is 2.86. The van der Waals surface area contributed by atoms with Crippen LogP contribution in [0.4, 0.5) is 13.2 Å². The van der Waals surface area contributed by atoms with E-state index >= 15 is 0 Å². The minimum absolute atomic E-state index is 0.0347. The van der Waals surface area contributed by atoms with Crippen LogP contribution in [0.1, 0.15) is 22.7 Å². The molecule has 2 aromatic rings. The molecule has 0 spiro atoms. The average molecular weight is 266 g/mol. The van der Waals surface area contributed by atoms with Crippen LogP contribution in [0.5, 0.6) is 0 Å². The molecule has 0 aromatic heterocycles. The molecule has 3 N–H and O–H groups in total. The van der Waals surface area contributed by atoms with Gasteiger partial charge in [0.25, 0.3) is 0 Å². The number of benzene rings is 2. The molecular formula is C14H13F3N2. The summed E-state index contributed by atoms with van der Waals surface area (Å²) in [6.45, 7) is 1.71. The van der Waals surface area contributed by atoms with Crippen LogP contribution in [0.3, 0.4) is 0 Å². The van der Waals surface area contributed by atoms with Gasteiger partial charge in [-0.15, -0.1) is 0 Å². The van der Waals surface area contributed by atoms with E-state index < -0.39 is 23.5 Å². The lowest BCUT2D eigenvalue weighted by Crippen LogP contribution is -2.30. The lowest BCUT2D eigenvalue weighted by molar-refractivity contribution is 0.482. The first kappa shape index (κ1) is 13.6. The van der Waals surface area contributed by atoms with Gasteiger partial charge in [0, 0.05) is 5.56 Å². The number of aryl methyl sites for hydroxylation is 1. The van der Waals surface area contributed by atoms with Crippen molar-refractivity contribution in [1.82, 2.24) is 5.43 Å². The standard InChI is InChI=1S/C14H13F3N2/c1-8-5-9(7-10(15)6-8)14(19-18)11-3-2-4-12(16)13(11)17/h2-7,14,19H,18H2,1H3. The van der Waals surface area contributed by atoms with Crippen LogP contribution in [0.25, 0.3) is 0 Å². The fourth-order valence-corrected chi connectivity index (χ4v) is 2.04. The quantitative estimate of drug-likeness (QED) is 0.662. The summed E-state index contributed by atoms with van der Waals surface area (Å²) >= 11 is 0. The molecule has 2 nitrogen and oxygen atoms in total. The highest BCUT2D eigenvalue weighted by atomic mass is 19.2. The summed E-state index contributed by atoms with van der Waals surface area (Å²) in [6, 6.07) is 7.24. The molecule has 0 amide bonds. The average Bonchev–Trinajstić information content (AvgIpc) is 2.34. The van der Waals surface area contributed by atoms with Crippen LogP contribution >= 0.6 is 0 Å². The SMILES string of the molecule is Cc1cc(F)cc(C(NN)c2cccc(F)c2F)c1. The zero-order chi connectivity index (χ0) is 14.0. The molecule has 1 unspecified atom stereocenters. The largest absolute Gasteiger partial charge is 0.271 e. The van der Waals surface area contributed by atoms with Gasteiger partial charge in [-0.25, -0.2) is 18.6 Å². The summed E-state index contributed by atoms with van der Waals surface area (Å²) in [5, 5.41) is 0. The normalized spacial score (nSPS) is 12.5. The lowest BCUT2D eigenvalue weighted by Gasteiger charge is -2.18. The molecule has 2 aromatic carbocycles. The first-order valence-corrected chi connectivity index (χ1v) is 5.70. The highest BCUT2D eigenvalue weighted by Crippen LogP contribution is 2.26. The fourth-order valence-electron chi connectivity index (χ4n) is 2.04.